The summed E-state index contributed by atoms with van der Waals surface area (Å²) < 4.78 is 6.69. The summed E-state index contributed by atoms with van der Waals surface area (Å²) in [5.74, 6) is 0.751. The van der Waals surface area contributed by atoms with Crippen LogP contribution in [0.1, 0.15) is 11.3 Å². The van der Waals surface area contributed by atoms with E-state index in [1.807, 2.05) is 12.1 Å². The number of nitrogens with one attached hydrogen (secondary N) is 1. The van der Waals surface area contributed by atoms with Crippen molar-refractivity contribution in [1.82, 2.24) is 24.9 Å². The largest absolute Gasteiger partial charge is 0.383 e. The molecule has 3 N–H and O–H groups in total. The smallest absolute Gasteiger partial charge is 0.142 e. The van der Waals surface area contributed by atoms with Crippen molar-refractivity contribution in [2.75, 3.05) is 5.73 Å². The van der Waals surface area contributed by atoms with Crippen molar-refractivity contribution in [3.63, 3.8) is 0 Å². The van der Waals surface area contributed by atoms with Gasteiger partial charge in [0.25, 0.3) is 0 Å². The number of nitrogens with zero attached hydrogens (tertiary/aromatic N) is 5. The molecule has 0 radical (unpaired) electrons. The van der Waals surface area contributed by atoms with Gasteiger partial charge in [-0.05, 0) is 25.1 Å². The summed E-state index contributed by atoms with van der Waals surface area (Å²) in [6, 6.07) is 9.35. The van der Waals surface area contributed by atoms with Gasteiger partial charge < -0.3 is 15.2 Å². The lowest BCUT2D eigenvalue weighted by atomic mass is 9.99. The van der Waals surface area contributed by atoms with Crippen LogP contribution in [0.15, 0.2) is 35.0 Å². The number of rotatable bonds is 3. The molecule has 4 aromatic rings. The minimum Gasteiger partial charge on any atom is -0.383 e. The van der Waals surface area contributed by atoms with E-state index in [1.54, 1.807) is 32.3 Å². The van der Waals surface area contributed by atoms with E-state index in [9.17, 15) is 5.26 Å². The summed E-state index contributed by atoms with van der Waals surface area (Å²) in [5, 5.41) is 18.5. The monoisotopic (exact) mass is 379 g/mol. The highest BCUT2D eigenvalue weighted by molar-refractivity contribution is 6.33. The van der Waals surface area contributed by atoms with E-state index in [2.05, 4.69) is 26.3 Å². The van der Waals surface area contributed by atoms with E-state index >= 15 is 0 Å². The van der Waals surface area contributed by atoms with E-state index < -0.39 is 0 Å². The number of H-pyrrole nitrogens is 1. The zero-order valence-corrected chi connectivity index (χ0v) is 15.2. The molecule has 0 saturated carbocycles. The Morgan fingerprint density at radius 1 is 1.33 bits per heavy atom. The van der Waals surface area contributed by atoms with Crippen molar-refractivity contribution >= 4 is 17.4 Å². The molecule has 0 amide bonds. The van der Waals surface area contributed by atoms with Gasteiger partial charge in [0.05, 0.1) is 17.0 Å². The van der Waals surface area contributed by atoms with Gasteiger partial charge in [0.2, 0.25) is 0 Å². The minimum absolute atomic E-state index is 0.113. The molecule has 4 heterocycles. The van der Waals surface area contributed by atoms with Crippen LogP contribution in [0.2, 0.25) is 5.15 Å². The van der Waals surface area contributed by atoms with Gasteiger partial charge in [-0.15, -0.1) is 0 Å². The molecule has 0 fully saturated rings. The van der Waals surface area contributed by atoms with Crippen LogP contribution < -0.4 is 5.73 Å². The molecule has 0 spiro atoms. The molecule has 0 unspecified atom stereocenters. The number of halogens is 1. The van der Waals surface area contributed by atoms with Crippen LogP contribution in [0.25, 0.3) is 33.9 Å². The predicted molar refractivity (Wildman–Crippen MR) is 101 cm³/mol. The van der Waals surface area contributed by atoms with Crippen LogP contribution in [0, 0.1) is 18.3 Å². The van der Waals surface area contributed by atoms with Gasteiger partial charge >= 0.3 is 0 Å². The Labute approximate surface area is 159 Å². The molecule has 0 bridgehead atoms. The summed E-state index contributed by atoms with van der Waals surface area (Å²) in [5.41, 5.74) is 9.75. The van der Waals surface area contributed by atoms with Crippen LogP contribution in [-0.2, 0) is 7.05 Å². The number of nitriles is 1. The maximum atomic E-state index is 9.66. The first-order valence-corrected chi connectivity index (χ1v) is 8.38. The van der Waals surface area contributed by atoms with Crippen LogP contribution in [0.4, 0.5) is 5.82 Å². The van der Waals surface area contributed by atoms with Crippen molar-refractivity contribution in [2.24, 2.45) is 7.05 Å². The zero-order chi connectivity index (χ0) is 19.1. The lowest BCUT2D eigenvalue weighted by Crippen LogP contribution is -2.00. The van der Waals surface area contributed by atoms with Crippen molar-refractivity contribution in [3.05, 3.63) is 46.9 Å². The molecule has 0 aromatic carbocycles. The summed E-state index contributed by atoms with van der Waals surface area (Å²) in [7, 11) is 1.71. The normalized spacial score (nSPS) is 10.9. The molecule has 0 aliphatic heterocycles. The standard InChI is InChI=1S/C18H14ClN7O/c1-9-6-14(25-27-9)16-15(17(19)26(2)24-16)10-7-13(12-4-3-5-22-12)23-18(21)11(10)8-20/h3-7,22H,1-2H3,(H2,21,23). The lowest BCUT2D eigenvalue weighted by molar-refractivity contribution is 0.399. The highest BCUT2D eigenvalue weighted by Gasteiger charge is 2.25. The highest BCUT2D eigenvalue weighted by Crippen LogP contribution is 2.40. The maximum Gasteiger partial charge on any atom is 0.142 e. The molecular formula is C18H14ClN7O. The van der Waals surface area contributed by atoms with Crippen molar-refractivity contribution < 1.29 is 4.52 Å². The van der Waals surface area contributed by atoms with E-state index in [4.69, 9.17) is 21.9 Å². The Balaban J connectivity index is 2.03. The van der Waals surface area contributed by atoms with E-state index in [1.165, 1.54) is 4.68 Å². The molecule has 8 nitrogen and oxygen atoms in total. The average Bonchev–Trinajstić information content (AvgIpc) is 3.36. The maximum absolute atomic E-state index is 9.66. The number of aryl methyl sites for hydroxylation is 2. The van der Waals surface area contributed by atoms with Crippen molar-refractivity contribution in [3.8, 4) is 40.0 Å². The SMILES string of the molecule is Cc1cc(-c2nn(C)c(Cl)c2-c2cc(-c3ccc[nH]3)nc(N)c2C#N)no1. The number of hydrogen-bond donors (Lipinski definition) is 2. The molecule has 0 saturated heterocycles. The van der Waals surface area contributed by atoms with Gasteiger partial charge in [-0.1, -0.05) is 16.8 Å². The fourth-order valence-electron chi connectivity index (χ4n) is 2.91. The predicted octanol–water partition coefficient (Wildman–Crippen LogP) is 3.55. The number of nitrogens with two attached hydrogens (primary N) is 1. The quantitative estimate of drug-likeness (QED) is 0.561. The van der Waals surface area contributed by atoms with Gasteiger partial charge in [0.15, 0.2) is 0 Å². The number of anilines is 1. The molecule has 9 heteroatoms. The Morgan fingerprint density at radius 3 is 2.78 bits per heavy atom. The van der Waals surface area contributed by atoms with Crippen molar-refractivity contribution in [2.45, 2.75) is 6.92 Å². The second kappa shape index (κ2) is 6.30. The van der Waals surface area contributed by atoms with Gasteiger partial charge in [0.1, 0.15) is 39.8 Å². The first-order chi connectivity index (χ1) is 13.0. The van der Waals surface area contributed by atoms with Gasteiger partial charge in [-0.25, -0.2) is 4.98 Å². The molecular weight excluding hydrogens is 366 g/mol. The third kappa shape index (κ3) is 2.74. The molecule has 0 atom stereocenters. The van der Waals surface area contributed by atoms with Crippen LogP contribution in [0.3, 0.4) is 0 Å². The molecule has 134 valence electrons. The van der Waals surface area contributed by atoms with Crippen molar-refractivity contribution in [1.29, 1.82) is 5.26 Å². The number of nitrogen functional groups attached to an aromatic ring is 1. The average molecular weight is 380 g/mol. The van der Waals surface area contributed by atoms with Gasteiger partial charge in [0, 0.05) is 24.9 Å². The van der Waals surface area contributed by atoms with Gasteiger partial charge in [-0.2, -0.15) is 10.4 Å². The Hall–Kier alpha value is -3.57. The second-order valence-electron chi connectivity index (χ2n) is 5.97. The Kier molecular flexibility index (Phi) is 3.94. The molecule has 27 heavy (non-hydrogen) atoms. The highest BCUT2D eigenvalue weighted by atomic mass is 35.5. The Bertz CT molecular complexity index is 1180. The van der Waals surface area contributed by atoms with E-state index in [-0.39, 0.29) is 11.4 Å². The summed E-state index contributed by atoms with van der Waals surface area (Å²) >= 11 is 6.53. The summed E-state index contributed by atoms with van der Waals surface area (Å²) in [4.78, 5) is 7.42. The first-order valence-electron chi connectivity index (χ1n) is 8.00. The lowest BCUT2D eigenvalue weighted by Gasteiger charge is -2.09. The van der Waals surface area contributed by atoms with Crippen LogP contribution >= 0.6 is 11.6 Å². The fourth-order valence-corrected chi connectivity index (χ4v) is 3.14. The van der Waals surface area contributed by atoms with Crippen LogP contribution in [0.5, 0.6) is 0 Å². The zero-order valence-electron chi connectivity index (χ0n) is 14.5. The third-order valence-electron chi connectivity index (χ3n) is 4.15. The van der Waals surface area contributed by atoms with Gasteiger partial charge in [-0.3, -0.25) is 4.68 Å². The summed E-state index contributed by atoms with van der Waals surface area (Å²) in [6.45, 7) is 1.79. The number of aromatic nitrogens is 5. The van der Waals surface area contributed by atoms with E-state index in [0.717, 1.165) is 5.69 Å². The first kappa shape index (κ1) is 16.9. The minimum atomic E-state index is 0.113. The third-order valence-corrected chi connectivity index (χ3v) is 4.58. The topological polar surface area (TPSA) is 122 Å². The number of aromatic amines is 1. The molecule has 4 aromatic heterocycles. The Morgan fingerprint density at radius 2 is 2.15 bits per heavy atom. The second-order valence-corrected chi connectivity index (χ2v) is 6.33. The van der Waals surface area contributed by atoms with Crippen LogP contribution in [-0.4, -0.2) is 24.9 Å². The summed E-state index contributed by atoms with van der Waals surface area (Å²) in [6.07, 6.45) is 1.78. The fraction of sp³-hybridized carbons (Fsp3) is 0.111. The molecule has 4 rings (SSSR count). The van der Waals surface area contributed by atoms with E-state index in [0.29, 0.717) is 39.1 Å². The molecule has 0 aliphatic rings. The number of hydrogen-bond acceptors (Lipinski definition) is 6. The molecule has 0 aliphatic carbocycles. The number of pyridine rings is 1.